The molecule has 5 heteroatoms. The van der Waals surface area contributed by atoms with Gasteiger partial charge in [0.05, 0.1) is 11.3 Å². The number of anilines is 2. The molecule has 1 N–H and O–H groups in total. The van der Waals surface area contributed by atoms with Gasteiger partial charge in [-0.3, -0.25) is 0 Å². The van der Waals surface area contributed by atoms with Crippen LogP contribution in [0, 0.1) is 14.9 Å². The quantitative estimate of drug-likeness (QED) is 0.774. The summed E-state index contributed by atoms with van der Waals surface area (Å²) in [4.78, 5) is 4.15. The number of hydrogen-bond donors (Lipinski definition) is 1. The third-order valence-electron chi connectivity index (χ3n) is 2.11. The normalized spacial score (nSPS) is 9.71. The van der Waals surface area contributed by atoms with Crippen LogP contribution in [0.4, 0.5) is 11.5 Å². The molecule has 2 rings (SSSR count). The summed E-state index contributed by atoms with van der Waals surface area (Å²) in [5.41, 5.74) is 1.42. The van der Waals surface area contributed by atoms with Gasteiger partial charge in [-0.25, -0.2) is 4.98 Å². The van der Waals surface area contributed by atoms with Gasteiger partial charge in [0, 0.05) is 14.2 Å². The Kier molecular flexibility index (Phi) is 3.97. The number of nitrogens with one attached hydrogen (secondary N) is 1. The highest BCUT2D eigenvalue weighted by molar-refractivity contribution is 14.1. The van der Waals surface area contributed by atoms with E-state index in [2.05, 4.69) is 54.9 Å². The number of rotatable bonds is 2. The summed E-state index contributed by atoms with van der Waals surface area (Å²) in [6, 6.07) is 11.5. The van der Waals surface area contributed by atoms with Gasteiger partial charge in [0.1, 0.15) is 11.9 Å². The predicted octanol–water partition coefficient (Wildman–Crippen LogP) is 4.06. The number of halogens is 2. The molecule has 0 bridgehead atoms. The first-order valence-corrected chi connectivity index (χ1v) is 6.65. The molecule has 3 nitrogen and oxygen atoms in total. The highest BCUT2D eigenvalue weighted by Gasteiger charge is 2.05. The van der Waals surface area contributed by atoms with Crippen molar-refractivity contribution in [2.24, 2.45) is 0 Å². The average Bonchev–Trinajstić information content (AvgIpc) is 2.33. The van der Waals surface area contributed by atoms with Crippen LogP contribution in [0.1, 0.15) is 5.56 Å². The zero-order chi connectivity index (χ0) is 12.3. The third kappa shape index (κ3) is 2.96. The molecule has 0 spiro atoms. The molecule has 0 unspecified atom stereocenters. The van der Waals surface area contributed by atoms with Crippen LogP contribution >= 0.6 is 38.5 Å². The minimum atomic E-state index is 0.526. The van der Waals surface area contributed by atoms with Gasteiger partial charge in [-0.1, -0.05) is 0 Å². The number of hydrogen-bond acceptors (Lipinski definition) is 3. The highest BCUT2D eigenvalue weighted by Crippen LogP contribution is 2.27. The second kappa shape index (κ2) is 5.47. The third-order valence-corrected chi connectivity index (χ3v) is 3.44. The first-order chi connectivity index (χ1) is 8.20. The van der Waals surface area contributed by atoms with Gasteiger partial charge >= 0.3 is 0 Å². The minimum absolute atomic E-state index is 0.526. The fourth-order valence-electron chi connectivity index (χ4n) is 1.31. The van der Waals surface area contributed by atoms with Crippen LogP contribution in [0.25, 0.3) is 0 Å². The zero-order valence-electron chi connectivity index (χ0n) is 8.61. The Hall–Kier alpha value is -1.13. The van der Waals surface area contributed by atoms with Gasteiger partial charge in [-0.2, -0.15) is 5.26 Å². The minimum Gasteiger partial charge on any atom is -0.338 e. The van der Waals surface area contributed by atoms with Gasteiger partial charge in [0.15, 0.2) is 0 Å². The molecule has 0 aliphatic heterocycles. The molecule has 0 fully saturated rings. The van der Waals surface area contributed by atoms with E-state index in [1.165, 1.54) is 0 Å². The van der Waals surface area contributed by atoms with E-state index < -0.39 is 0 Å². The molecule has 2 aromatic rings. The van der Waals surface area contributed by atoms with Crippen LogP contribution in [0.5, 0.6) is 0 Å². The Balaban J connectivity index is 2.35. The number of pyridine rings is 1. The lowest BCUT2D eigenvalue weighted by molar-refractivity contribution is 1.28. The number of nitrogens with zero attached hydrogens (tertiary/aromatic N) is 2. The standard InChI is InChI=1S/C12H7BrIN3/c13-10-6-9(14)3-4-11(10)17-12-8(7-15)2-1-5-16-12/h1-6H,(H,16,17). The Morgan fingerprint density at radius 1 is 1.35 bits per heavy atom. The first-order valence-electron chi connectivity index (χ1n) is 4.78. The van der Waals surface area contributed by atoms with Crippen molar-refractivity contribution in [3.8, 4) is 6.07 Å². The summed E-state index contributed by atoms with van der Waals surface area (Å²) < 4.78 is 2.08. The largest absolute Gasteiger partial charge is 0.338 e. The Labute approximate surface area is 121 Å². The fourth-order valence-corrected chi connectivity index (χ4v) is 2.71. The lowest BCUT2D eigenvalue weighted by Crippen LogP contribution is -1.97. The monoisotopic (exact) mass is 399 g/mol. The van der Waals surface area contributed by atoms with Crippen LogP contribution in [0.3, 0.4) is 0 Å². The molecule has 1 aromatic carbocycles. The van der Waals surface area contributed by atoms with E-state index in [-0.39, 0.29) is 0 Å². The van der Waals surface area contributed by atoms with Crippen molar-refractivity contribution in [1.29, 1.82) is 5.26 Å². The van der Waals surface area contributed by atoms with E-state index in [0.29, 0.717) is 11.4 Å². The van der Waals surface area contributed by atoms with E-state index in [0.717, 1.165) is 13.7 Å². The van der Waals surface area contributed by atoms with Crippen LogP contribution in [0.15, 0.2) is 41.0 Å². The molecule has 84 valence electrons. The summed E-state index contributed by atoms with van der Waals surface area (Å²) in [6.45, 7) is 0. The van der Waals surface area contributed by atoms with Gasteiger partial charge in [0.25, 0.3) is 0 Å². The fraction of sp³-hybridized carbons (Fsp3) is 0. The molecular formula is C12H7BrIN3. The van der Waals surface area contributed by atoms with Crippen molar-refractivity contribution in [2.45, 2.75) is 0 Å². The lowest BCUT2D eigenvalue weighted by atomic mass is 10.2. The molecule has 0 aliphatic rings. The maximum absolute atomic E-state index is 8.97. The summed E-state index contributed by atoms with van der Waals surface area (Å²) in [5.74, 6) is 0.567. The topological polar surface area (TPSA) is 48.7 Å². The smallest absolute Gasteiger partial charge is 0.148 e. The summed E-state index contributed by atoms with van der Waals surface area (Å²) in [5, 5.41) is 12.1. The van der Waals surface area contributed by atoms with Gasteiger partial charge in [-0.05, 0) is 68.9 Å². The van der Waals surface area contributed by atoms with Crippen LogP contribution in [0.2, 0.25) is 0 Å². The predicted molar refractivity (Wildman–Crippen MR) is 79.1 cm³/mol. The first kappa shape index (κ1) is 12.3. The van der Waals surface area contributed by atoms with Gasteiger partial charge in [0.2, 0.25) is 0 Å². The number of nitriles is 1. The van der Waals surface area contributed by atoms with E-state index in [4.69, 9.17) is 5.26 Å². The molecule has 0 saturated heterocycles. The number of benzene rings is 1. The van der Waals surface area contributed by atoms with Crippen LogP contribution < -0.4 is 5.32 Å². The molecule has 0 radical (unpaired) electrons. The molecule has 1 heterocycles. The van der Waals surface area contributed by atoms with Crippen molar-refractivity contribution in [3.05, 3.63) is 50.1 Å². The molecule has 17 heavy (non-hydrogen) atoms. The Bertz CT molecular complexity index is 593. The summed E-state index contributed by atoms with van der Waals surface area (Å²) in [7, 11) is 0. The van der Waals surface area contributed by atoms with E-state index in [1.807, 2.05) is 18.2 Å². The Morgan fingerprint density at radius 3 is 2.88 bits per heavy atom. The van der Waals surface area contributed by atoms with Crippen molar-refractivity contribution in [3.63, 3.8) is 0 Å². The molecular weight excluding hydrogens is 393 g/mol. The van der Waals surface area contributed by atoms with Crippen molar-refractivity contribution in [2.75, 3.05) is 5.32 Å². The second-order valence-electron chi connectivity index (χ2n) is 3.26. The molecule has 0 saturated carbocycles. The molecule has 0 atom stereocenters. The summed E-state index contributed by atoms with van der Waals surface area (Å²) in [6.07, 6.45) is 1.66. The molecule has 0 aliphatic carbocycles. The van der Waals surface area contributed by atoms with Crippen LogP contribution in [-0.4, -0.2) is 4.98 Å². The van der Waals surface area contributed by atoms with Gasteiger partial charge < -0.3 is 5.32 Å². The van der Waals surface area contributed by atoms with Crippen molar-refractivity contribution in [1.82, 2.24) is 4.98 Å². The van der Waals surface area contributed by atoms with Gasteiger partial charge in [-0.15, -0.1) is 0 Å². The van der Waals surface area contributed by atoms with E-state index >= 15 is 0 Å². The SMILES string of the molecule is N#Cc1cccnc1Nc1ccc(I)cc1Br. The van der Waals surface area contributed by atoms with Crippen molar-refractivity contribution >= 4 is 50.0 Å². The average molecular weight is 400 g/mol. The van der Waals surface area contributed by atoms with E-state index in [1.54, 1.807) is 18.3 Å². The Morgan fingerprint density at radius 2 is 2.18 bits per heavy atom. The second-order valence-corrected chi connectivity index (χ2v) is 5.36. The lowest BCUT2D eigenvalue weighted by Gasteiger charge is -2.09. The van der Waals surface area contributed by atoms with E-state index in [9.17, 15) is 0 Å². The number of aromatic nitrogens is 1. The highest BCUT2D eigenvalue weighted by atomic mass is 127. The van der Waals surface area contributed by atoms with Crippen molar-refractivity contribution < 1.29 is 0 Å². The molecule has 0 amide bonds. The molecule has 1 aromatic heterocycles. The zero-order valence-corrected chi connectivity index (χ0v) is 12.4. The van der Waals surface area contributed by atoms with Crippen LogP contribution in [-0.2, 0) is 0 Å². The maximum Gasteiger partial charge on any atom is 0.148 e. The maximum atomic E-state index is 8.97. The summed E-state index contributed by atoms with van der Waals surface area (Å²) >= 11 is 5.71.